The van der Waals surface area contributed by atoms with E-state index in [1.807, 2.05) is 0 Å². The molecule has 1 aliphatic carbocycles. The molecule has 27 heavy (non-hydrogen) atoms. The van der Waals surface area contributed by atoms with Gasteiger partial charge in [-0.2, -0.15) is 0 Å². The van der Waals surface area contributed by atoms with Crippen LogP contribution in [-0.2, 0) is 9.59 Å². The number of aliphatic carboxylic acids is 1. The van der Waals surface area contributed by atoms with Gasteiger partial charge in [-0.25, -0.2) is 4.79 Å². The Morgan fingerprint density at radius 2 is 2.07 bits per heavy atom. The number of rotatable bonds is 8. The van der Waals surface area contributed by atoms with E-state index in [0.717, 1.165) is 12.8 Å². The Balaban J connectivity index is 1.60. The third kappa shape index (κ3) is 4.66. The number of ether oxygens (including phenoxy) is 1. The summed E-state index contributed by atoms with van der Waals surface area (Å²) in [5, 5.41) is 11.9. The summed E-state index contributed by atoms with van der Waals surface area (Å²) in [6.07, 6.45) is 3.01. The van der Waals surface area contributed by atoms with Gasteiger partial charge in [0.25, 0.3) is 11.8 Å². The number of carboxylic acid groups (broad SMARTS) is 1. The molecule has 0 radical (unpaired) electrons. The summed E-state index contributed by atoms with van der Waals surface area (Å²) in [7, 11) is 0. The normalized spacial score (nSPS) is 14.3. The van der Waals surface area contributed by atoms with Crippen LogP contribution in [-0.4, -0.2) is 46.5 Å². The molecule has 0 saturated heterocycles. The summed E-state index contributed by atoms with van der Waals surface area (Å²) < 4.78 is 10.5. The van der Waals surface area contributed by atoms with E-state index < -0.39 is 17.9 Å². The Morgan fingerprint density at radius 3 is 2.70 bits per heavy atom. The van der Waals surface area contributed by atoms with Gasteiger partial charge in [-0.3, -0.25) is 9.59 Å². The Kier molecular flexibility index (Phi) is 5.44. The predicted octanol–water partition coefficient (Wildman–Crippen LogP) is 2.37. The summed E-state index contributed by atoms with van der Waals surface area (Å²) in [6.45, 7) is 1.22. The fourth-order valence-electron chi connectivity index (χ4n) is 2.69. The maximum atomic E-state index is 12.4. The maximum Gasteiger partial charge on any atom is 0.326 e. The second kappa shape index (κ2) is 7.94. The molecule has 1 unspecified atom stereocenters. The molecule has 8 nitrogen and oxygen atoms in total. The Hall–Kier alpha value is -3.29. The lowest BCUT2D eigenvalue weighted by Crippen LogP contribution is -2.46. The molecule has 1 aliphatic rings. The van der Waals surface area contributed by atoms with E-state index in [1.54, 1.807) is 36.4 Å². The summed E-state index contributed by atoms with van der Waals surface area (Å²) in [4.78, 5) is 37.0. The predicted molar refractivity (Wildman–Crippen MR) is 95.6 cm³/mol. The third-order valence-corrected chi connectivity index (χ3v) is 4.20. The van der Waals surface area contributed by atoms with Crippen LogP contribution in [0.25, 0.3) is 0 Å². The standard InChI is InChI=1S/C19H20N2O6/c1-12(19(24)25)21(14-7-8-14)17(22)11-27-15-5-2-4-13(10-15)20-18(23)16-6-3-9-26-16/h2-6,9-10,12,14H,7-8,11H2,1H3,(H,20,23)(H,24,25). The molecule has 1 aromatic heterocycles. The summed E-state index contributed by atoms with van der Waals surface area (Å²) in [6, 6.07) is 8.82. The Bertz CT molecular complexity index is 828. The number of carboxylic acids is 1. The van der Waals surface area contributed by atoms with Crippen molar-refractivity contribution in [3.05, 3.63) is 48.4 Å². The highest BCUT2D eigenvalue weighted by Crippen LogP contribution is 2.29. The van der Waals surface area contributed by atoms with Crippen LogP contribution in [0.1, 0.15) is 30.3 Å². The number of furan rings is 1. The fourth-order valence-corrected chi connectivity index (χ4v) is 2.69. The van der Waals surface area contributed by atoms with Crippen LogP contribution in [0.3, 0.4) is 0 Å². The summed E-state index contributed by atoms with van der Waals surface area (Å²) >= 11 is 0. The van der Waals surface area contributed by atoms with Crippen molar-refractivity contribution in [3.8, 4) is 5.75 Å². The highest BCUT2D eigenvalue weighted by Gasteiger charge is 2.38. The Morgan fingerprint density at radius 1 is 1.30 bits per heavy atom. The van der Waals surface area contributed by atoms with Crippen LogP contribution in [0.2, 0.25) is 0 Å². The van der Waals surface area contributed by atoms with Crippen molar-refractivity contribution in [2.24, 2.45) is 0 Å². The van der Waals surface area contributed by atoms with Gasteiger partial charge in [0.2, 0.25) is 0 Å². The molecule has 0 bridgehead atoms. The van der Waals surface area contributed by atoms with Crippen molar-refractivity contribution in [3.63, 3.8) is 0 Å². The van der Waals surface area contributed by atoms with Gasteiger partial charge in [-0.1, -0.05) is 6.07 Å². The van der Waals surface area contributed by atoms with Crippen LogP contribution in [0.4, 0.5) is 5.69 Å². The molecule has 2 aromatic rings. The molecule has 2 amide bonds. The molecule has 1 aromatic carbocycles. The van der Waals surface area contributed by atoms with E-state index in [2.05, 4.69) is 5.32 Å². The molecule has 2 N–H and O–H groups in total. The van der Waals surface area contributed by atoms with Crippen LogP contribution < -0.4 is 10.1 Å². The van der Waals surface area contributed by atoms with Gasteiger partial charge in [0.05, 0.1) is 6.26 Å². The first-order chi connectivity index (χ1) is 13.0. The SMILES string of the molecule is CC(C(=O)O)N(C(=O)COc1cccc(NC(=O)c2ccco2)c1)C1CC1. The van der Waals surface area contributed by atoms with Crippen molar-refractivity contribution >= 4 is 23.5 Å². The number of amides is 2. The van der Waals surface area contributed by atoms with Crippen LogP contribution >= 0.6 is 0 Å². The van der Waals surface area contributed by atoms with Crippen molar-refractivity contribution in [1.29, 1.82) is 0 Å². The van der Waals surface area contributed by atoms with E-state index in [0.29, 0.717) is 11.4 Å². The van der Waals surface area contributed by atoms with Gasteiger partial charge in [0.1, 0.15) is 11.8 Å². The number of nitrogens with one attached hydrogen (secondary N) is 1. The zero-order valence-corrected chi connectivity index (χ0v) is 14.8. The number of hydrogen-bond acceptors (Lipinski definition) is 5. The van der Waals surface area contributed by atoms with Gasteiger partial charge in [-0.15, -0.1) is 0 Å². The highest BCUT2D eigenvalue weighted by molar-refractivity contribution is 6.02. The largest absolute Gasteiger partial charge is 0.484 e. The molecule has 1 heterocycles. The van der Waals surface area contributed by atoms with Gasteiger partial charge in [0, 0.05) is 17.8 Å². The van der Waals surface area contributed by atoms with Crippen LogP contribution in [0.15, 0.2) is 47.1 Å². The minimum absolute atomic E-state index is 0.0360. The number of benzene rings is 1. The quantitative estimate of drug-likeness (QED) is 0.736. The first-order valence-electron chi connectivity index (χ1n) is 8.57. The zero-order chi connectivity index (χ0) is 19.4. The number of carbonyl (C=O) groups is 3. The maximum absolute atomic E-state index is 12.4. The molecule has 142 valence electrons. The zero-order valence-electron chi connectivity index (χ0n) is 14.8. The first-order valence-corrected chi connectivity index (χ1v) is 8.57. The molecular formula is C19H20N2O6. The van der Waals surface area contributed by atoms with Crippen LogP contribution in [0.5, 0.6) is 5.75 Å². The van der Waals surface area contributed by atoms with E-state index >= 15 is 0 Å². The second-order valence-corrected chi connectivity index (χ2v) is 6.29. The number of nitrogens with zero attached hydrogens (tertiary/aromatic N) is 1. The summed E-state index contributed by atoms with van der Waals surface area (Å²) in [5.74, 6) is -1.25. The van der Waals surface area contributed by atoms with Gasteiger partial charge in [-0.05, 0) is 44.0 Å². The molecule has 8 heteroatoms. The minimum atomic E-state index is -1.04. The molecular weight excluding hydrogens is 352 g/mol. The number of anilines is 1. The van der Waals surface area contributed by atoms with Crippen molar-refractivity contribution in [2.45, 2.75) is 31.8 Å². The fraction of sp³-hybridized carbons (Fsp3) is 0.316. The molecule has 1 saturated carbocycles. The monoisotopic (exact) mass is 372 g/mol. The third-order valence-electron chi connectivity index (χ3n) is 4.20. The molecule has 3 rings (SSSR count). The minimum Gasteiger partial charge on any atom is -0.484 e. The average molecular weight is 372 g/mol. The van der Waals surface area contributed by atoms with Gasteiger partial charge < -0.3 is 24.5 Å². The topological polar surface area (TPSA) is 109 Å². The van der Waals surface area contributed by atoms with Crippen molar-refractivity contribution in [1.82, 2.24) is 4.90 Å². The molecule has 1 fully saturated rings. The lowest BCUT2D eigenvalue weighted by Gasteiger charge is -2.26. The molecule has 1 atom stereocenters. The van der Waals surface area contributed by atoms with Gasteiger partial charge >= 0.3 is 5.97 Å². The van der Waals surface area contributed by atoms with Gasteiger partial charge in [0.15, 0.2) is 12.4 Å². The van der Waals surface area contributed by atoms with E-state index in [1.165, 1.54) is 18.1 Å². The lowest BCUT2D eigenvalue weighted by atomic mass is 10.2. The average Bonchev–Trinajstić information content (AvgIpc) is 3.31. The van der Waals surface area contributed by atoms with Crippen molar-refractivity contribution in [2.75, 3.05) is 11.9 Å². The van der Waals surface area contributed by atoms with Crippen molar-refractivity contribution < 1.29 is 28.6 Å². The van der Waals surface area contributed by atoms with E-state index in [9.17, 15) is 19.5 Å². The highest BCUT2D eigenvalue weighted by atomic mass is 16.5. The van der Waals surface area contributed by atoms with Crippen LogP contribution in [0, 0.1) is 0 Å². The summed E-state index contributed by atoms with van der Waals surface area (Å²) in [5.41, 5.74) is 0.485. The smallest absolute Gasteiger partial charge is 0.326 e. The molecule has 0 aliphatic heterocycles. The number of carbonyl (C=O) groups excluding carboxylic acids is 2. The number of hydrogen-bond donors (Lipinski definition) is 2. The second-order valence-electron chi connectivity index (χ2n) is 6.29. The van der Waals surface area contributed by atoms with E-state index in [-0.39, 0.29) is 24.3 Å². The lowest BCUT2D eigenvalue weighted by molar-refractivity contribution is -0.150. The van der Waals surface area contributed by atoms with E-state index in [4.69, 9.17) is 9.15 Å². The Labute approximate surface area is 155 Å². The molecule has 0 spiro atoms. The first kappa shape index (κ1) is 18.5.